The number of halogens is 1. The maximum Gasteiger partial charge on any atom is 0.319 e. The summed E-state index contributed by atoms with van der Waals surface area (Å²) >= 11 is 0. The molecule has 7 nitrogen and oxygen atoms in total. The number of aromatic hydroxyl groups is 1. The number of hydrogen-bond acceptors (Lipinski definition) is 7. The normalized spacial score (nSPS) is 25.3. The average molecular weight is 515 g/mol. The highest BCUT2D eigenvalue weighted by Crippen LogP contribution is 2.39. The number of aromatic nitrogens is 2. The summed E-state index contributed by atoms with van der Waals surface area (Å²) in [6.45, 7) is 1.61. The van der Waals surface area contributed by atoms with Crippen LogP contribution in [-0.2, 0) is 0 Å². The second-order valence-corrected chi connectivity index (χ2v) is 11.0. The molecule has 2 bridgehead atoms. The highest BCUT2D eigenvalue weighted by molar-refractivity contribution is 6.01. The molecule has 0 radical (unpaired) electrons. The molecule has 1 aromatic heterocycles. The molecule has 38 heavy (non-hydrogen) atoms. The van der Waals surface area contributed by atoms with Crippen LogP contribution in [0.1, 0.15) is 38.5 Å². The summed E-state index contributed by atoms with van der Waals surface area (Å²) in [7, 11) is 0. The van der Waals surface area contributed by atoms with Gasteiger partial charge >= 0.3 is 6.01 Å². The van der Waals surface area contributed by atoms with Crippen molar-refractivity contribution in [3.8, 4) is 22.9 Å². The largest absolute Gasteiger partial charge is 0.508 e. The molecule has 3 fully saturated rings. The van der Waals surface area contributed by atoms with Crippen LogP contribution in [0.3, 0.4) is 0 Å². The average Bonchev–Trinajstić information content (AvgIpc) is 3.26. The van der Waals surface area contributed by atoms with Gasteiger partial charge in [0.15, 0.2) is 5.82 Å². The Bertz CT molecular complexity index is 1510. The number of rotatable bonds is 4. The molecule has 0 amide bonds. The summed E-state index contributed by atoms with van der Waals surface area (Å²) < 4.78 is 22.7. The first-order valence-electron chi connectivity index (χ1n) is 13.6. The van der Waals surface area contributed by atoms with E-state index in [0.29, 0.717) is 60.1 Å². The number of anilines is 1. The minimum absolute atomic E-state index is 0.0846. The molecule has 3 aromatic carbocycles. The Balaban J connectivity index is 1.37. The fraction of sp³-hybridized carbons (Fsp3) is 0.400. The molecule has 4 aromatic rings. The maximum absolute atomic E-state index is 16.4. The Kier molecular flexibility index (Phi) is 5.82. The van der Waals surface area contributed by atoms with E-state index in [0.717, 1.165) is 36.7 Å². The van der Waals surface area contributed by atoms with Crippen molar-refractivity contribution in [3.05, 3.63) is 54.3 Å². The highest BCUT2D eigenvalue weighted by Gasteiger charge is 2.34. The van der Waals surface area contributed by atoms with Crippen LogP contribution < -0.4 is 15.0 Å². The molecule has 0 unspecified atom stereocenters. The third-order valence-electron chi connectivity index (χ3n) is 8.33. The summed E-state index contributed by atoms with van der Waals surface area (Å²) in [5, 5.41) is 26.3. The molecule has 1 aliphatic carbocycles. The third kappa shape index (κ3) is 4.22. The zero-order valence-electron chi connectivity index (χ0n) is 21.1. The van der Waals surface area contributed by atoms with Crippen molar-refractivity contribution >= 4 is 27.5 Å². The Labute approximate surface area is 220 Å². The minimum atomic E-state index is -0.455. The number of aliphatic hydroxyl groups is 1. The van der Waals surface area contributed by atoms with E-state index in [1.807, 2.05) is 30.3 Å². The second kappa shape index (κ2) is 9.36. The fourth-order valence-electron chi connectivity index (χ4n) is 6.43. The number of phenols is 1. The Morgan fingerprint density at radius 1 is 0.868 bits per heavy atom. The summed E-state index contributed by atoms with van der Waals surface area (Å²) in [5.74, 6) is 0.329. The Morgan fingerprint density at radius 3 is 2.42 bits per heavy atom. The lowest BCUT2D eigenvalue weighted by atomic mass is 9.95. The number of benzene rings is 3. The molecule has 0 spiro atoms. The Hall–Kier alpha value is -3.49. The van der Waals surface area contributed by atoms with Crippen LogP contribution in [-0.4, -0.2) is 57.6 Å². The molecule has 1 saturated carbocycles. The van der Waals surface area contributed by atoms with E-state index in [1.54, 1.807) is 18.2 Å². The number of aliphatic hydroxyl groups excluding tert-OH is 1. The van der Waals surface area contributed by atoms with Crippen molar-refractivity contribution in [2.24, 2.45) is 0 Å². The fourth-order valence-corrected chi connectivity index (χ4v) is 6.43. The van der Waals surface area contributed by atoms with Crippen LogP contribution in [0.15, 0.2) is 48.5 Å². The topological polar surface area (TPSA) is 90.7 Å². The monoisotopic (exact) mass is 514 g/mol. The summed E-state index contributed by atoms with van der Waals surface area (Å²) in [5.41, 5.74) is 1.21. The van der Waals surface area contributed by atoms with Crippen LogP contribution >= 0.6 is 0 Å². The van der Waals surface area contributed by atoms with E-state index in [9.17, 15) is 10.2 Å². The molecule has 3 N–H and O–H groups in total. The predicted octanol–water partition coefficient (Wildman–Crippen LogP) is 4.92. The van der Waals surface area contributed by atoms with Gasteiger partial charge in [-0.2, -0.15) is 9.97 Å². The van der Waals surface area contributed by atoms with Gasteiger partial charge in [-0.25, -0.2) is 4.39 Å². The molecule has 8 heteroatoms. The SMILES string of the molecule is Oc1cc(-c2ccc3c(N4C[C@H]5CC[C@@H](C4)N5)nc(OC4CCC(O)CC4)nc3c2F)c2ccccc2c1. The first-order valence-corrected chi connectivity index (χ1v) is 13.6. The molecule has 7 rings (SSSR count). The number of nitrogens with one attached hydrogen (secondary N) is 1. The lowest BCUT2D eigenvalue weighted by Crippen LogP contribution is -2.51. The van der Waals surface area contributed by atoms with Crippen molar-refractivity contribution in [2.75, 3.05) is 18.0 Å². The van der Waals surface area contributed by atoms with Crippen LogP contribution in [0.25, 0.3) is 32.8 Å². The van der Waals surface area contributed by atoms with E-state index >= 15 is 4.39 Å². The summed E-state index contributed by atoms with van der Waals surface area (Å²) in [4.78, 5) is 11.7. The summed E-state index contributed by atoms with van der Waals surface area (Å²) in [6, 6.07) is 15.6. The van der Waals surface area contributed by atoms with Gasteiger partial charge < -0.3 is 25.2 Å². The van der Waals surface area contributed by atoms with Gasteiger partial charge in [0.05, 0.1) is 6.10 Å². The number of hydrogen-bond donors (Lipinski definition) is 3. The zero-order chi connectivity index (χ0) is 25.8. The van der Waals surface area contributed by atoms with E-state index in [-0.39, 0.29) is 29.5 Å². The maximum atomic E-state index is 16.4. The van der Waals surface area contributed by atoms with Gasteiger partial charge in [0.2, 0.25) is 0 Å². The first kappa shape index (κ1) is 23.6. The zero-order valence-corrected chi connectivity index (χ0v) is 21.1. The smallest absolute Gasteiger partial charge is 0.319 e. The van der Waals surface area contributed by atoms with Gasteiger partial charge in [-0.05, 0) is 73.1 Å². The van der Waals surface area contributed by atoms with Crippen molar-refractivity contribution in [1.82, 2.24) is 15.3 Å². The molecule has 2 atom stereocenters. The van der Waals surface area contributed by atoms with Gasteiger partial charge in [0.1, 0.15) is 23.2 Å². The summed E-state index contributed by atoms with van der Waals surface area (Å²) in [6.07, 6.45) is 4.63. The van der Waals surface area contributed by atoms with Gasteiger partial charge in [-0.1, -0.05) is 30.3 Å². The first-order chi connectivity index (χ1) is 18.5. The number of fused-ring (bicyclic) bond motifs is 4. The van der Waals surface area contributed by atoms with Gasteiger partial charge in [0, 0.05) is 36.1 Å². The minimum Gasteiger partial charge on any atom is -0.508 e. The number of piperazine rings is 1. The van der Waals surface area contributed by atoms with Crippen LogP contribution in [0, 0.1) is 5.82 Å². The number of nitrogens with zero attached hydrogens (tertiary/aromatic N) is 3. The molecule has 3 aliphatic rings. The van der Waals surface area contributed by atoms with Crippen LogP contribution in [0.5, 0.6) is 11.8 Å². The van der Waals surface area contributed by atoms with E-state index < -0.39 is 5.82 Å². The Morgan fingerprint density at radius 2 is 1.63 bits per heavy atom. The molecule has 3 heterocycles. The predicted molar refractivity (Wildman–Crippen MR) is 145 cm³/mol. The van der Waals surface area contributed by atoms with Gasteiger partial charge in [-0.15, -0.1) is 0 Å². The quantitative estimate of drug-likeness (QED) is 0.356. The lowest BCUT2D eigenvalue weighted by molar-refractivity contribution is 0.0620. The van der Waals surface area contributed by atoms with Crippen molar-refractivity contribution in [2.45, 2.75) is 62.8 Å². The van der Waals surface area contributed by atoms with Gasteiger partial charge in [0.25, 0.3) is 0 Å². The molecule has 2 saturated heterocycles. The molecular formula is C30H31FN4O3. The lowest BCUT2D eigenvalue weighted by Gasteiger charge is -2.34. The standard InChI is InChI=1S/C30H31FN4O3/c31-27-24(26-14-21(37)13-17-3-1-2-4-23(17)26)11-12-25-28(27)33-30(38-22-9-7-20(36)8-10-22)34-29(25)35-15-18-5-6-19(16-35)32-18/h1-4,11-14,18-20,22,32,36-37H,5-10,15-16H2/t18-,19+,20?,22?. The van der Waals surface area contributed by atoms with E-state index in [2.05, 4.69) is 15.2 Å². The van der Waals surface area contributed by atoms with Crippen molar-refractivity contribution < 1.29 is 19.3 Å². The van der Waals surface area contributed by atoms with E-state index in [4.69, 9.17) is 9.72 Å². The van der Waals surface area contributed by atoms with Crippen LogP contribution in [0.4, 0.5) is 10.2 Å². The molecular weight excluding hydrogens is 483 g/mol. The van der Waals surface area contributed by atoms with Crippen LogP contribution in [0.2, 0.25) is 0 Å². The second-order valence-electron chi connectivity index (χ2n) is 11.0. The van der Waals surface area contributed by atoms with Crippen molar-refractivity contribution in [1.29, 1.82) is 0 Å². The van der Waals surface area contributed by atoms with Gasteiger partial charge in [-0.3, -0.25) is 0 Å². The van der Waals surface area contributed by atoms with Crippen molar-refractivity contribution in [3.63, 3.8) is 0 Å². The number of phenolic OH excluding ortho intramolecular Hbond substituents is 1. The number of ether oxygens (including phenoxy) is 1. The third-order valence-corrected chi connectivity index (χ3v) is 8.33. The highest BCUT2D eigenvalue weighted by atomic mass is 19.1. The molecule has 196 valence electrons. The molecule has 2 aliphatic heterocycles. The van der Waals surface area contributed by atoms with E-state index in [1.165, 1.54) is 0 Å².